The molecule has 0 aliphatic rings. The molecule has 1 amide bonds. The zero-order valence-electron chi connectivity index (χ0n) is 23.9. The van der Waals surface area contributed by atoms with Gasteiger partial charge in [0.1, 0.15) is 5.56 Å². The van der Waals surface area contributed by atoms with E-state index in [-0.39, 0.29) is 17.5 Å². The number of aromatic amines is 1. The molecule has 0 aliphatic heterocycles. The van der Waals surface area contributed by atoms with E-state index in [0.717, 1.165) is 6.20 Å². The zero-order chi connectivity index (χ0) is 31.3. The molecule has 0 radical (unpaired) electrons. The monoisotopic (exact) mass is 601 g/mol. The van der Waals surface area contributed by atoms with Gasteiger partial charge in [0, 0.05) is 64.1 Å². The Labute approximate surface area is 251 Å². The number of halogens is 3. The molecule has 0 saturated heterocycles. The maximum atomic E-state index is 13.9. The first-order valence-electron chi connectivity index (χ1n) is 13.6. The van der Waals surface area contributed by atoms with Crippen LogP contribution in [0.4, 0.5) is 36.2 Å². The highest BCUT2D eigenvalue weighted by Gasteiger charge is 2.36. The molecular weight excluding hydrogens is 571 g/mol. The largest absolute Gasteiger partial charge is 0.419 e. The van der Waals surface area contributed by atoms with Crippen LogP contribution in [-0.2, 0) is 11.0 Å². The van der Waals surface area contributed by atoms with Crippen LogP contribution in [0.3, 0.4) is 0 Å². The Kier molecular flexibility index (Phi) is 8.93. The van der Waals surface area contributed by atoms with Gasteiger partial charge in [0.2, 0.25) is 11.9 Å². The van der Waals surface area contributed by atoms with Crippen molar-refractivity contribution in [2.75, 3.05) is 36.6 Å². The number of para-hydroxylation sites is 1. The number of alkyl halides is 3. The number of nitrogens with zero attached hydrogens (tertiary/aromatic N) is 3. The second-order valence-electron chi connectivity index (χ2n) is 10.2. The topological polar surface area (TPSA) is 118 Å². The number of likely N-dealkylation sites (N-methyl/N-ethyl adjacent to an activating group) is 1. The van der Waals surface area contributed by atoms with E-state index < -0.39 is 18.0 Å². The van der Waals surface area contributed by atoms with E-state index in [1.54, 1.807) is 78.9 Å². The third kappa shape index (κ3) is 7.41. The third-order valence-corrected chi connectivity index (χ3v) is 6.59. The number of fused-ring (bicyclic) bond motifs is 1. The molecule has 0 saturated carbocycles. The molecule has 0 spiro atoms. The fourth-order valence-corrected chi connectivity index (χ4v) is 4.48. The maximum Gasteiger partial charge on any atom is 0.419 e. The van der Waals surface area contributed by atoms with E-state index in [0.29, 0.717) is 45.6 Å². The average molecular weight is 602 g/mol. The summed E-state index contributed by atoms with van der Waals surface area (Å²) in [6, 6.07) is 20.6. The van der Waals surface area contributed by atoms with Gasteiger partial charge in [0.25, 0.3) is 0 Å². The summed E-state index contributed by atoms with van der Waals surface area (Å²) >= 11 is 0. The number of hydrogen-bond donors (Lipinski definition) is 5. The van der Waals surface area contributed by atoms with Gasteiger partial charge in [-0.05, 0) is 50.5 Å². The molecule has 3 aromatic carbocycles. The van der Waals surface area contributed by atoms with Crippen molar-refractivity contribution in [3.63, 3.8) is 0 Å². The Balaban J connectivity index is 1.29. The van der Waals surface area contributed by atoms with Gasteiger partial charge in [0.15, 0.2) is 6.23 Å². The summed E-state index contributed by atoms with van der Waals surface area (Å²) < 4.78 is 41.7. The first-order chi connectivity index (χ1) is 21.1. The minimum absolute atomic E-state index is 0.0230. The lowest BCUT2D eigenvalue weighted by Crippen LogP contribution is -2.13. The Morgan fingerprint density at radius 1 is 1.02 bits per heavy atom. The van der Waals surface area contributed by atoms with Crippen LogP contribution in [0.15, 0.2) is 97.3 Å². The summed E-state index contributed by atoms with van der Waals surface area (Å²) in [5, 5.41) is 20.1. The number of hydrogen-bond acceptors (Lipinski definition) is 7. The Bertz CT molecular complexity index is 1780. The summed E-state index contributed by atoms with van der Waals surface area (Å²) in [6.07, 6.45) is -0.242. The number of anilines is 4. The van der Waals surface area contributed by atoms with Gasteiger partial charge in [-0.15, -0.1) is 0 Å². The van der Waals surface area contributed by atoms with Crippen molar-refractivity contribution >= 4 is 39.8 Å². The highest BCUT2D eigenvalue weighted by Crippen LogP contribution is 2.39. The molecule has 9 nitrogen and oxygen atoms in total. The average Bonchev–Trinajstić information content (AvgIpc) is 3.41. The number of aromatic nitrogens is 3. The van der Waals surface area contributed by atoms with E-state index in [9.17, 15) is 23.1 Å². The van der Waals surface area contributed by atoms with Crippen LogP contribution in [-0.4, -0.2) is 51.5 Å². The number of rotatable bonds is 10. The first-order valence-corrected chi connectivity index (χ1v) is 13.6. The molecule has 1 unspecified atom stereocenters. The fraction of sp³-hybridized carbons (Fsp3) is 0.156. The maximum absolute atomic E-state index is 13.9. The molecule has 0 aliphatic carbocycles. The first kappa shape index (κ1) is 30.3. The minimum Gasteiger partial charge on any atom is -0.369 e. The van der Waals surface area contributed by atoms with Gasteiger partial charge in [-0.25, -0.2) is 9.97 Å². The van der Waals surface area contributed by atoms with Crippen LogP contribution in [0.1, 0.15) is 17.4 Å². The van der Waals surface area contributed by atoms with E-state index >= 15 is 0 Å². The number of aliphatic hydroxyl groups is 1. The molecule has 5 rings (SSSR count). The van der Waals surface area contributed by atoms with Crippen LogP contribution in [0.25, 0.3) is 22.2 Å². The Morgan fingerprint density at radius 2 is 1.77 bits per heavy atom. The number of aliphatic hydroxyl groups excluding tert-OH is 1. The van der Waals surface area contributed by atoms with Crippen LogP contribution in [0.2, 0.25) is 0 Å². The van der Waals surface area contributed by atoms with E-state index in [1.807, 2.05) is 19.0 Å². The molecule has 44 heavy (non-hydrogen) atoms. The van der Waals surface area contributed by atoms with Gasteiger partial charge in [-0.2, -0.15) is 13.2 Å². The Hall–Kier alpha value is -5.20. The van der Waals surface area contributed by atoms with Crippen molar-refractivity contribution in [1.29, 1.82) is 0 Å². The normalized spacial score (nSPS) is 12.5. The highest BCUT2D eigenvalue weighted by atomic mass is 19.4. The molecule has 5 N–H and O–H groups in total. The lowest BCUT2D eigenvalue weighted by molar-refractivity contribution is -0.137. The number of carbonyl (C=O) groups is 1. The molecule has 1 atom stereocenters. The number of nitrogens with one attached hydrogen (secondary N) is 4. The summed E-state index contributed by atoms with van der Waals surface area (Å²) in [5.74, 6) is -0.279. The highest BCUT2D eigenvalue weighted by molar-refractivity contribution is 5.99. The second kappa shape index (κ2) is 13.0. The van der Waals surface area contributed by atoms with Crippen LogP contribution in [0.5, 0.6) is 0 Å². The van der Waals surface area contributed by atoms with Crippen molar-refractivity contribution in [1.82, 2.24) is 19.9 Å². The van der Waals surface area contributed by atoms with E-state index in [4.69, 9.17) is 0 Å². The standard InChI is InChI=1S/C32H30F3N7O2/c1-42(2)16-6-11-28(43)38-21-14-12-20(13-15-21)30(44)39-22-7-5-8-23(17-22)40-31-37-19-26(32(33,34)35)29(41-31)25-18-36-27-10-4-3-9-24(25)27/h3-15,17-19,30,36,39,44H,16H2,1-2H3,(H,38,43)(H,37,40,41)/b11-6+. The number of amides is 1. The minimum atomic E-state index is -4.65. The molecular formula is C32H30F3N7O2. The summed E-state index contributed by atoms with van der Waals surface area (Å²) in [5.41, 5.74) is 1.96. The van der Waals surface area contributed by atoms with Crippen LogP contribution < -0.4 is 16.0 Å². The predicted octanol–water partition coefficient (Wildman–Crippen LogP) is 6.55. The van der Waals surface area contributed by atoms with Gasteiger partial charge >= 0.3 is 6.18 Å². The van der Waals surface area contributed by atoms with E-state index in [1.165, 1.54) is 12.3 Å². The van der Waals surface area contributed by atoms with E-state index in [2.05, 4.69) is 30.9 Å². The molecule has 0 bridgehead atoms. The van der Waals surface area contributed by atoms with Gasteiger partial charge in [-0.3, -0.25) is 4.79 Å². The Morgan fingerprint density at radius 3 is 2.52 bits per heavy atom. The summed E-state index contributed by atoms with van der Waals surface area (Å²) in [4.78, 5) is 25.2. The van der Waals surface area contributed by atoms with Crippen molar-refractivity contribution in [3.05, 3.63) is 108 Å². The van der Waals surface area contributed by atoms with Gasteiger partial charge in [0.05, 0.1) is 5.69 Å². The number of H-pyrrole nitrogens is 1. The lowest BCUT2D eigenvalue weighted by Gasteiger charge is -2.16. The van der Waals surface area contributed by atoms with Gasteiger partial charge < -0.3 is 30.9 Å². The molecule has 2 aromatic heterocycles. The SMILES string of the molecule is CN(C)C/C=C/C(=O)Nc1ccc(C(O)Nc2cccc(Nc3ncc(C(F)(F)F)c(-c4c[nH]c5ccccc45)n3)c2)cc1. The molecule has 2 heterocycles. The fourth-order valence-electron chi connectivity index (χ4n) is 4.48. The van der Waals surface area contributed by atoms with Crippen molar-refractivity contribution in [3.8, 4) is 11.3 Å². The molecule has 5 aromatic rings. The summed E-state index contributed by atoms with van der Waals surface area (Å²) in [6.45, 7) is 0.643. The van der Waals surface area contributed by atoms with Crippen molar-refractivity contribution in [2.45, 2.75) is 12.4 Å². The second-order valence-corrected chi connectivity index (χ2v) is 10.2. The van der Waals surface area contributed by atoms with Gasteiger partial charge in [-0.1, -0.05) is 42.5 Å². The van der Waals surface area contributed by atoms with Crippen molar-refractivity contribution in [2.24, 2.45) is 0 Å². The molecule has 0 fully saturated rings. The van der Waals surface area contributed by atoms with Crippen LogP contribution in [0, 0.1) is 0 Å². The molecule has 12 heteroatoms. The van der Waals surface area contributed by atoms with Crippen LogP contribution >= 0.6 is 0 Å². The lowest BCUT2D eigenvalue weighted by atomic mass is 10.1. The third-order valence-electron chi connectivity index (χ3n) is 6.59. The van der Waals surface area contributed by atoms with Crippen molar-refractivity contribution < 1.29 is 23.1 Å². The predicted molar refractivity (Wildman–Crippen MR) is 165 cm³/mol. The smallest absolute Gasteiger partial charge is 0.369 e. The quantitative estimate of drug-likeness (QED) is 0.0911. The summed E-state index contributed by atoms with van der Waals surface area (Å²) in [7, 11) is 3.81. The number of benzene rings is 3. The zero-order valence-corrected chi connectivity index (χ0v) is 23.9. The molecule has 226 valence electrons. The number of carbonyl (C=O) groups excluding carboxylic acids is 1.